The molecular weight excluding hydrogens is 321 g/mol. The average Bonchev–Trinajstić information content (AvgIpc) is 2.72. The minimum atomic E-state index is -4.56. The quantitative estimate of drug-likeness (QED) is 0.748. The summed E-state index contributed by atoms with van der Waals surface area (Å²) >= 11 is 5.65. The Kier molecular flexibility index (Phi) is 6.99. The highest BCUT2D eigenvalue weighted by Gasteiger charge is 2.38. The maximum Gasteiger partial charge on any atom is 0.436 e. The molecule has 1 heterocycles. The molecule has 0 aromatic carbocycles. The predicted molar refractivity (Wildman–Crippen MR) is 77.9 cm³/mol. The average molecular weight is 341 g/mol. The maximum absolute atomic E-state index is 12.7. The molecule has 0 unspecified atom stereocenters. The lowest BCUT2D eigenvalue weighted by atomic mass is 10.3. The van der Waals surface area contributed by atoms with E-state index in [1.807, 2.05) is 6.92 Å². The number of nitrogens with one attached hydrogen (secondary N) is 2. The summed E-state index contributed by atoms with van der Waals surface area (Å²) in [7, 11) is 0. The van der Waals surface area contributed by atoms with Crippen molar-refractivity contribution in [3.8, 4) is 0 Å². The minimum absolute atomic E-state index is 0.247. The van der Waals surface area contributed by atoms with Crippen LogP contribution in [-0.2, 0) is 12.7 Å². The monoisotopic (exact) mass is 340 g/mol. The van der Waals surface area contributed by atoms with E-state index in [9.17, 15) is 18.0 Å². The van der Waals surface area contributed by atoms with Crippen molar-refractivity contribution in [3.63, 3.8) is 0 Å². The Hall–Kier alpha value is -1.44. The fraction of sp³-hybridized carbons (Fsp3) is 0.692. The molecule has 0 bridgehead atoms. The van der Waals surface area contributed by atoms with Gasteiger partial charge in [-0.15, -0.1) is 0 Å². The Morgan fingerprint density at radius 2 is 1.86 bits per heavy atom. The highest BCUT2D eigenvalue weighted by atomic mass is 35.5. The van der Waals surface area contributed by atoms with E-state index in [1.165, 1.54) is 11.6 Å². The summed E-state index contributed by atoms with van der Waals surface area (Å²) in [5.41, 5.74) is -0.807. The van der Waals surface area contributed by atoms with Crippen molar-refractivity contribution in [2.75, 3.05) is 13.1 Å². The number of aromatic nitrogens is 2. The van der Waals surface area contributed by atoms with Crippen LogP contribution < -0.4 is 10.6 Å². The van der Waals surface area contributed by atoms with Crippen LogP contribution in [0.15, 0.2) is 0 Å². The molecule has 0 saturated carbocycles. The first-order valence-corrected chi connectivity index (χ1v) is 7.47. The number of carbonyl (C=O) groups excluding carboxylic acids is 1. The number of hydrogen-bond acceptors (Lipinski definition) is 2. The number of amides is 2. The lowest BCUT2D eigenvalue weighted by Crippen LogP contribution is -2.36. The fourth-order valence-corrected chi connectivity index (χ4v) is 2.04. The molecule has 0 fully saturated rings. The second-order valence-electron chi connectivity index (χ2n) is 4.86. The normalized spacial score (nSPS) is 11.5. The minimum Gasteiger partial charge on any atom is -0.338 e. The summed E-state index contributed by atoms with van der Waals surface area (Å²) in [6.45, 7) is 4.69. The summed E-state index contributed by atoms with van der Waals surface area (Å²) in [5, 5.41) is 8.43. The third-order valence-corrected chi connectivity index (χ3v) is 3.50. The van der Waals surface area contributed by atoms with E-state index in [0.29, 0.717) is 19.5 Å². The second kappa shape index (κ2) is 8.26. The third kappa shape index (κ3) is 5.40. The lowest BCUT2D eigenvalue weighted by Gasteiger charge is -2.08. The van der Waals surface area contributed by atoms with Gasteiger partial charge in [-0.3, -0.25) is 4.68 Å². The standard InChI is InChI=1S/C13H20ClF3N4O/c1-3-4-6-18-12(22)19-7-5-8-21-9(2)10(14)11(20-21)13(15,16)17/h3-8H2,1-2H3,(H2,18,19,22). The molecule has 5 nitrogen and oxygen atoms in total. The van der Waals surface area contributed by atoms with Crippen molar-refractivity contribution in [1.29, 1.82) is 0 Å². The number of rotatable bonds is 7. The Bertz CT molecular complexity index is 502. The van der Waals surface area contributed by atoms with Crippen molar-refractivity contribution in [2.24, 2.45) is 0 Å². The van der Waals surface area contributed by atoms with Crippen LogP contribution in [0.3, 0.4) is 0 Å². The van der Waals surface area contributed by atoms with Gasteiger partial charge in [0.1, 0.15) is 0 Å². The van der Waals surface area contributed by atoms with E-state index >= 15 is 0 Å². The van der Waals surface area contributed by atoms with E-state index in [2.05, 4.69) is 15.7 Å². The number of carbonyl (C=O) groups is 1. The third-order valence-electron chi connectivity index (χ3n) is 3.05. The van der Waals surface area contributed by atoms with Gasteiger partial charge in [0.2, 0.25) is 0 Å². The summed E-state index contributed by atoms with van der Waals surface area (Å²) < 4.78 is 39.2. The first kappa shape index (κ1) is 18.6. The largest absolute Gasteiger partial charge is 0.436 e. The molecule has 2 amide bonds. The van der Waals surface area contributed by atoms with Crippen molar-refractivity contribution in [2.45, 2.75) is 45.8 Å². The molecule has 0 radical (unpaired) electrons. The van der Waals surface area contributed by atoms with Crippen LogP contribution in [0, 0.1) is 6.92 Å². The topological polar surface area (TPSA) is 59.0 Å². The van der Waals surface area contributed by atoms with Crippen molar-refractivity contribution >= 4 is 17.6 Å². The molecule has 126 valence electrons. The molecule has 0 atom stereocenters. The maximum atomic E-state index is 12.7. The van der Waals surface area contributed by atoms with Gasteiger partial charge in [-0.25, -0.2) is 4.79 Å². The van der Waals surface area contributed by atoms with Crippen molar-refractivity contribution < 1.29 is 18.0 Å². The van der Waals surface area contributed by atoms with E-state index in [4.69, 9.17) is 11.6 Å². The number of aryl methyl sites for hydroxylation is 1. The zero-order chi connectivity index (χ0) is 16.8. The summed E-state index contributed by atoms with van der Waals surface area (Å²) in [4.78, 5) is 11.4. The summed E-state index contributed by atoms with van der Waals surface area (Å²) in [6, 6.07) is -0.278. The number of unbranched alkanes of at least 4 members (excludes halogenated alkanes) is 1. The number of alkyl halides is 3. The molecule has 1 rings (SSSR count). The van der Waals surface area contributed by atoms with Crippen LogP contribution >= 0.6 is 11.6 Å². The number of urea groups is 1. The summed E-state index contributed by atoms with van der Waals surface area (Å²) in [5.74, 6) is 0. The molecule has 0 aliphatic carbocycles. The zero-order valence-corrected chi connectivity index (χ0v) is 13.3. The van der Waals surface area contributed by atoms with Crippen LogP contribution in [0.4, 0.5) is 18.0 Å². The van der Waals surface area contributed by atoms with Crippen LogP contribution in [0.25, 0.3) is 0 Å². The molecule has 0 saturated heterocycles. The Balaban J connectivity index is 2.41. The highest BCUT2D eigenvalue weighted by Crippen LogP contribution is 2.35. The van der Waals surface area contributed by atoms with Crippen molar-refractivity contribution in [3.05, 3.63) is 16.4 Å². The van der Waals surface area contributed by atoms with Crippen LogP contribution in [0.2, 0.25) is 5.02 Å². The molecule has 1 aromatic heterocycles. The van der Waals surface area contributed by atoms with Gasteiger partial charge in [0.05, 0.1) is 10.7 Å². The second-order valence-corrected chi connectivity index (χ2v) is 5.24. The van der Waals surface area contributed by atoms with Crippen molar-refractivity contribution in [1.82, 2.24) is 20.4 Å². The van der Waals surface area contributed by atoms with E-state index < -0.39 is 11.9 Å². The Morgan fingerprint density at radius 3 is 2.36 bits per heavy atom. The molecule has 0 aliphatic rings. The first-order chi connectivity index (χ1) is 10.3. The van der Waals surface area contributed by atoms with Crippen LogP contribution in [0.1, 0.15) is 37.6 Å². The van der Waals surface area contributed by atoms with Crippen LogP contribution in [0.5, 0.6) is 0 Å². The fourth-order valence-electron chi connectivity index (χ4n) is 1.80. The molecular formula is C13H20ClF3N4O. The molecule has 2 N–H and O–H groups in total. The van der Waals surface area contributed by atoms with E-state index in [0.717, 1.165) is 12.8 Å². The Morgan fingerprint density at radius 1 is 1.27 bits per heavy atom. The lowest BCUT2D eigenvalue weighted by molar-refractivity contribution is -0.141. The van der Waals surface area contributed by atoms with Gasteiger partial charge in [-0.05, 0) is 19.8 Å². The predicted octanol–water partition coefficient (Wildman–Crippen LogP) is 3.35. The molecule has 0 spiro atoms. The van der Waals surface area contributed by atoms with Gasteiger partial charge in [-0.2, -0.15) is 18.3 Å². The molecule has 22 heavy (non-hydrogen) atoms. The van der Waals surface area contributed by atoms with Crippen LogP contribution in [-0.4, -0.2) is 28.9 Å². The number of halogens is 4. The smallest absolute Gasteiger partial charge is 0.338 e. The van der Waals surface area contributed by atoms with E-state index in [-0.39, 0.29) is 23.3 Å². The van der Waals surface area contributed by atoms with Gasteiger partial charge in [-0.1, -0.05) is 24.9 Å². The van der Waals surface area contributed by atoms with Gasteiger partial charge < -0.3 is 10.6 Å². The van der Waals surface area contributed by atoms with Gasteiger partial charge in [0, 0.05) is 19.6 Å². The molecule has 1 aromatic rings. The highest BCUT2D eigenvalue weighted by molar-refractivity contribution is 6.31. The SMILES string of the molecule is CCCCNC(=O)NCCCn1nc(C(F)(F)F)c(Cl)c1C. The van der Waals surface area contributed by atoms with Gasteiger partial charge in [0.25, 0.3) is 0 Å². The number of nitrogens with zero attached hydrogens (tertiary/aromatic N) is 2. The van der Waals surface area contributed by atoms with Gasteiger partial charge in [0.15, 0.2) is 5.69 Å². The first-order valence-electron chi connectivity index (χ1n) is 7.09. The van der Waals surface area contributed by atoms with E-state index in [1.54, 1.807) is 0 Å². The number of hydrogen-bond donors (Lipinski definition) is 2. The summed E-state index contributed by atoms with van der Waals surface area (Å²) in [6.07, 6.45) is -2.22. The Labute approximate surface area is 132 Å². The molecule has 9 heteroatoms. The molecule has 0 aliphatic heterocycles. The zero-order valence-electron chi connectivity index (χ0n) is 12.6. The van der Waals surface area contributed by atoms with Gasteiger partial charge >= 0.3 is 12.2 Å².